The molecule has 4 nitrogen and oxygen atoms in total. The number of rotatable bonds is 3. The smallest absolute Gasteiger partial charge is 0.287 e. The third-order valence-corrected chi connectivity index (χ3v) is 1.78. The molecule has 0 radical (unpaired) electrons. The van der Waals surface area contributed by atoms with Crippen molar-refractivity contribution in [1.82, 2.24) is 5.32 Å². The number of furan rings is 1. The minimum absolute atomic E-state index is 0.219. The second kappa shape index (κ2) is 4.43. The fourth-order valence-electron chi connectivity index (χ4n) is 0.764. The molecule has 1 unspecified atom stereocenters. The summed E-state index contributed by atoms with van der Waals surface area (Å²) in [5, 5.41) is 11.4. The average molecular weight is 248 g/mol. The Morgan fingerprint density at radius 2 is 2.46 bits per heavy atom. The summed E-state index contributed by atoms with van der Waals surface area (Å²) in [5.41, 5.74) is 0. The molecule has 0 saturated carbocycles. The minimum Gasteiger partial charge on any atom is -0.444 e. The molecule has 2 N–H and O–H groups in total. The number of hydrogen-bond donors (Lipinski definition) is 2. The molecule has 0 fully saturated rings. The third-order valence-electron chi connectivity index (χ3n) is 1.36. The maximum atomic E-state index is 11.2. The third kappa shape index (κ3) is 3.20. The molecule has 72 valence electrons. The molecule has 0 aliphatic heterocycles. The predicted molar refractivity (Wildman–Crippen MR) is 50.4 cm³/mol. The van der Waals surface area contributed by atoms with Crippen LogP contribution in [0, 0.1) is 0 Å². The van der Waals surface area contributed by atoms with Crippen molar-refractivity contribution in [3.63, 3.8) is 0 Å². The summed E-state index contributed by atoms with van der Waals surface area (Å²) in [6.45, 7) is 1.81. The van der Waals surface area contributed by atoms with E-state index in [1.807, 2.05) is 0 Å². The maximum absolute atomic E-state index is 11.2. The van der Waals surface area contributed by atoms with Gasteiger partial charge in [-0.2, -0.15) is 0 Å². The molecule has 0 aliphatic carbocycles. The zero-order valence-corrected chi connectivity index (χ0v) is 8.67. The van der Waals surface area contributed by atoms with Crippen molar-refractivity contribution in [3.8, 4) is 0 Å². The molecule has 1 amide bonds. The van der Waals surface area contributed by atoms with Crippen molar-refractivity contribution in [2.24, 2.45) is 0 Å². The van der Waals surface area contributed by atoms with Crippen LogP contribution in [0.2, 0.25) is 0 Å². The number of aliphatic hydroxyl groups is 1. The number of aliphatic hydroxyl groups excluding tert-OH is 1. The molecular formula is C8H10BrNO3. The van der Waals surface area contributed by atoms with Gasteiger partial charge >= 0.3 is 0 Å². The first-order valence-corrected chi connectivity index (χ1v) is 4.60. The van der Waals surface area contributed by atoms with E-state index in [4.69, 9.17) is 9.52 Å². The minimum atomic E-state index is -0.553. The molecule has 1 aromatic rings. The second-order valence-electron chi connectivity index (χ2n) is 2.66. The molecule has 1 aromatic heterocycles. The Morgan fingerprint density at radius 3 is 2.92 bits per heavy atom. The van der Waals surface area contributed by atoms with Gasteiger partial charge in [-0.25, -0.2) is 0 Å². The summed E-state index contributed by atoms with van der Waals surface area (Å²) in [4.78, 5) is 11.2. The summed E-state index contributed by atoms with van der Waals surface area (Å²) in [5.74, 6) is -0.0980. The quantitative estimate of drug-likeness (QED) is 0.843. The van der Waals surface area contributed by atoms with Crippen LogP contribution in [0.1, 0.15) is 17.5 Å². The summed E-state index contributed by atoms with van der Waals surface area (Å²) in [7, 11) is 0. The highest BCUT2D eigenvalue weighted by molar-refractivity contribution is 9.10. The highest BCUT2D eigenvalue weighted by Crippen LogP contribution is 2.13. The van der Waals surface area contributed by atoms with Crippen LogP contribution in [-0.2, 0) is 0 Å². The Bertz CT molecular complexity index is 295. The maximum Gasteiger partial charge on any atom is 0.287 e. The fraction of sp³-hybridized carbons (Fsp3) is 0.375. The molecule has 0 aliphatic rings. The zero-order chi connectivity index (χ0) is 9.84. The number of nitrogens with one attached hydrogen (secondary N) is 1. The van der Waals surface area contributed by atoms with Gasteiger partial charge < -0.3 is 14.8 Å². The van der Waals surface area contributed by atoms with E-state index in [9.17, 15) is 4.79 Å². The Morgan fingerprint density at radius 1 is 1.77 bits per heavy atom. The lowest BCUT2D eigenvalue weighted by atomic mass is 10.4. The lowest BCUT2D eigenvalue weighted by Gasteiger charge is -2.04. The SMILES string of the molecule is CC(O)CNC(=O)c1ccc(Br)o1. The van der Waals surface area contributed by atoms with Crippen molar-refractivity contribution < 1.29 is 14.3 Å². The van der Waals surface area contributed by atoms with Crippen LogP contribution in [0.3, 0.4) is 0 Å². The highest BCUT2D eigenvalue weighted by Gasteiger charge is 2.09. The van der Waals surface area contributed by atoms with E-state index in [0.29, 0.717) is 4.67 Å². The van der Waals surface area contributed by atoms with Gasteiger partial charge in [0.05, 0.1) is 6.10 Å². The van der Waals surface area contributed by atoms with E-state index in [0.717, 1.165) is 0 Å². The molecule has 1 atom stereocenters. The molecule has 13 heavy (non-hydrogen) atoms. The van der Waals surface area contributed by atoms with E-state index in [-0.39, 0.29) is 18.2 Å². The van der Waals surface area contributed by atoms with Gasteiger partial charge in [0.1, 0.15) is 0 Å². The van der Waals surface area contributed by atoms with Crippen molar-refractivity contribution in [2.45, 2.75) is 13.0 Å². The molecule has 0 saturated heterocycles. The summed E-state index contributed by atoms with van der Waals surface area (Å²) in [6, 6.07) is 3.19. The Kier molecular flexibility index (Phi) is 3.50. The van der Waals surface area contributed by atoms with Gasteiger partial charge in [-0.3, -0.25) is 4.79 Å². The number of carbonyl (C=O) groups excluding carboxylic acids is 1. The first kappa shape index (κ1) is 10.3. The van der Waals surface area contributed by atoms with E-state index >= 15 is 0 Å². The van der Waals surface area contributed by atoms with Gasteiger partial charge in [0.15, 0.2) is 10.4 Å². The first-order chi connectivity index (χ1) is 6.09. The summed E-state index contributed by atoms with van der Waals surface area (Å²) < 4.78 is 5.51. The summed E-state index contributed by atoms with van der Waals surface area (Å²) in [6.07, 6.45) is -0.553. The zero-order valence-electron chi connectivity index (χ0n) is 7.08. The average Bonchev–Trinajstić information content (AvgIpc) is 2.47. The first-order valence-electron chi connectivity index (χ1n) is 3.81. The Labute approximate surface area is 84.1 Å². The molecule has 1 rings (SSSR count). The van der Waals surface area contributed by atoms with Crippen LogP contribution in [0.5, 0.6) is 0 Å². The number of carbonyl (C=O) groups is 1. The van der Waals surface area contributed by atoms with Crippen LogP contribution < -0.4 is 5.32 Å². The molecule has 1 heterocycles. The highest BCUT2D eigenvalue weighted by atomic mass is 79.9. The molecule has 0 aromatic carbocycles. The van der Waals surface area contributed by atoms with E-state index < -0.39 is 6.10 Å². The van der Waals surface area contributed by atoms with Crippen LogP contribution in [0.15, 0.2) is 21.2 Å². The number of halogens is 1. The van der Waals surface area contributed by atoms with Crippen LogP contribution in [-0.4, -0.2) is 23.7 Å². The van der Waals surface area contributed by atoms with Gasteiger partial charge in [-0.15, -0.1) is 0 Å². The Hall–Kier alpha value is -0.810. The van der Waals surface area contributed by atoms with E-state index in [1.165, 1.54) is 0 Å². The Balaban J connectivity index is 2.49. The van der Waals surface area contributed by atoms with Gasteiger partial charge in [0.25, 0.3) is 5.91 Å². The fourth-order valence-corrected chi connectivity index (χ4v) is 1.07. The second-order valence-corrected chi connectivity index (χ2v) is 3.44. The van der Waals surface area contributed by atoms with Gasteiger partial charge in [0, 0.05) is 6.54 Å². The van der Waals surface area contributed by atoms with Crippen molar-refractivity contribution in [1.29, 1.82) is 0 Å². The normalized spacial score (nSPS) is 12.5. The predicted octanol–water partition coefficient (Wildman–Crippen LogP) is 1.15. The van der Waals surface area contributed by atoms with E-state index in [1.54, 1.807) is 19.1 Å². The van der Waals surface area contributed by atoms with Gasteiger partial charge in [0.2, 0.25) is 0 Å². The molecular weight excluding hydrogens is 238 g/mol. The summed E-state index contributed by atoms with van der Waals surface area (Å²) >= 11 is 3.08. The largest absolute Gasteiger partial charge is 0.444 e. The standard InChI is InChI=1S/C8H10BrNO3/c1-5(11)4-10-8(12)6-2-3-7(9)13-6/h2-3,5,11H,4H2,1H3,(H,10,12). The van der Waals surface area contributed by atoms with Crippen LogP contribution >= 0.6 is 15.9 Å². The van der Waals surface area contributed by atoms with Crippen molar-refractivity contribution in [3.05, 3.63) is 22.6 Å². The molecule has 5 heteroatoms. The lowest BCUT2D eigenvalue weighted by molar-refractivity contribution is 0.0895. The van der Waals surface area contributed by atoms with Crippen LogP contribution in [0.4, 0.5) is 0 Å². The lowest BCUT2D eigenvalue weighted by Crippen LogP contribution is -2.30. The van der Waals surface area contributed by atoms with Crippen molar-refractivity contribution >= 4 is 21.8 Å². The van der Waals surface area contributed by atoms with Crippen molar-refractivity contribution in [2.75, 3.05) is 6.54 Å². The number of hydrogen-bond acceptors (Lipinski definition) is 3. The molecule has 0 bridgehead atoms. The van der Waals surface area contributed by atoms with E-state index in [2.05, 4.69) is 21.2 Å². The van der Waals surface area contributed by atoms with Gasteiger partial charge in [-0.1, -0.05) is 0 Å². The van der Waals surface area contributed by atoms with Crippen LogP contribution in [0.25, 0.3) is 0 Å². The van der Waals surface area contributed by atoms with Gasteiger partial charge in [-0.05, 0) is 35.0 Å². The number of amides is 1. The topological polar surface area (TPSA) is 62.5 Å². The molecule has 0 spiro atoms. The monoisotopic (exact) mass is 247 g/mol.